The highest BCUT2D eigenvalue weighted by Gasteiger charge is 2.38. The number of hydrogen-bond acceptors (Lipinski definition) is 5. The van der Waals surface area contributed by atoms with Crippen LogP contribution in [-0.2, 0) is 16.1 Å². The van der Waals surface area contributed by atoms with Gasteiger partial charge in [-0.15, -0.1) is 0 Å². The van der Waals surface area contributed by atoms with Gasteiger partial charge in [-0.05, 0) is 29.5 Å². The lowest BCUT2D eigenvalue weighted by Gasteiger charge is -2.41. The molecule has 3 unspecified atom stereocenters. The molecule has 1 aliphatic heterocycles. The van der Waals surface area contributed by atoms with Gasteiger partial charge in [-0.2, -0.15) is 0 Å². The maximum atomic E-state index is 9.79. The van der Waals surface area contributed by atoms with Gasteiger partial charge in [0, 0.05) is 0 Å². The van der Waals surface area contributed by atoms with Crippen molar-refractivity contribution in [1.29, 1.82) is 0 Å². The Balaban J connectivity index is 1.82. The standard InChI is InChI=1S/C16H25NO4/c1-10-11(2)15(17)16(18)21-14(10)9-20-8-12-4-6-13(19-3)7-5-12/h4-7,10-11,14-16,18H,8-9,17H2,1-3H3/t10-,11+,14?,15?,16?/m1/s1. The fraction of sp³-hybridized carbons (Fsp3) is 0.625. The van der Waals surface area contributed by atoms with E-state index in [2.05, 4.69) is 6.92 Å². The van der Waals surface area contributed by atoms with Crippen LogP contribution in [0, 0.1) is 11.8 Å². The van der Waals surface area contributed by atoms with E-state index in [4.69, 9.17) is 19.9 Å². The second-order valence-corrected chi connectivity index (χ2v) is 5.72. The first-order chi connectivity index (χ1) is 10.0. The fourth-order valence-electron chi connectivity index (χ4n) is 2.55. The Bertz CT molecular complexity index is 436. The van der Waals surface area contributed by atoms with Crippen LogP contribution in [-0.4, -0.2) is 37.3 Å². The van der Waals surface area contributed by atoms with Crippen molar-refractivity contribution in [2.24, 2.45) is 17.6 Å². The lowest BCUT2D eigenvalue weighted by molar-refractivity contribution is -0.219. The zero-order valence-corrected chi connectivity index (χ0v) is 12.9. The Morgan fingerprint density at radius 1 is 1.19 bits per heavy atom. The summed E-state index contributed by atoms with van der Waals surface area (Å²) in [5.41, 5.74) is 6.97. The number of rotatable bonds is 5. The van der Waals surface area contributed by atoms with Crippen LogP contribution in [0.4, 0.5) is 0 Å². The zero-order chi connectivity index (χ0) is 15.4. The van der Waals surface area contributed by atoms with Gasteiger partial charge in [0.15, 0.2) is 6.29 Å². The van der Waals surface area contributed by atoms with Gasteiger partial charge in [0.2, 0.25) is 0 Å². The monoisotopic (exact) mass is 295 g/mol. The summed E-state index contributed by atoms with van der Waals surface area (Å²) in [4.78, 5) is 0. The van der Waals surface area contributed by atoms with Crippen molar-refractivity contribution in [2.75, 3.05) is 13.7 Å². The van der Waals surface area contributed by atoms with Gasteiger partial charge >= 0.3 is 0 Å². The molecular weight excluding hydrogens is 270 g/mol. The van der Waals surface area contributed by atoms with E-state index in [0.29, 0.717) is 13.2 Å². The Morgan fingerprint density at radius 3 is 2.48 bits per heavy atom. The first-order valence-corrected chi connectivity index (χ1v) is 7.32. The first kappa shape index (κ1) is 16.2. The van der Waals surface area contributed by atoms with Crippen LogP contribution in [0.25, 0.3) is 0 Å². The van der Waals surface area contributed by atoms with Gasteiger partial charge in [0.1, 0.15) is 5.75 Å². The van der Waals surface area contributed by atoms with Crippen molar-refractivity contribution in [1.82, 2.24) is 0 Å². The summed E-state index contributed by atoms with van der Waals surface area (Å²) in [6.07, 6.45) is -1.04. The predicted octanol–water partition coefficient (Wildman–Crippen LogP) is 1.53. The van der Waals surface area contributed by atoms with Gasteiger partial charge in [0.25, 0.3) is 0 Å². The van der Waals surface area contributed by atoms with Crippen LogP contribution >= 0.6 is 0 Å². The molecule has 118 valence electrons. The van der Waals surface area contributed by atoms with E-state index in [1.807, 2.05) is 31.2 Å². The van der Waals surface area contributed by atoms with Crippen molar-refractivity contribution in [3.8, 4) is 5.75 Å². The third-order valence-electron chi connectivity index (χ3n) is 4.38. The van der Waals surface area contributed by atoms with E-state index >= 15 is 0 Å². The highest BCUT2D eigenvalue weighted by molar-refractivity contribution is 5.26. The summed E-state index contributed by atoms with van der Waals surface area (Å²) in [5, 5.41) is 9.79. The molecule has 0 spiro atoms. The number of aliphatic hydroxyl groups excluding tert-OH is 1. The molecule has 0 radical (unpaired) electrons. The quantitative estimate of drug-likeness (QED) is 0.861. The topological polar surface area (TPSA) is 73.9 Å². The largest absolute Gasteiger partial charge is 0.497 e. The van der Waals surface area contributed by atoms with Crippen LogP contribution in [0.2, 0.25) is 0 Å². The average Bonchev–Trinajstić information content (AvgIpc) is 2.51. The summed E-state index contributed by atoms with van der Waals surface area (Å²) in [6, 6.07) is 7.42. The smallest absolute Gasteiger partial charge is 0.170 e. The summed E-state index contributed by atoms with van der Waals surface area (Å²) in [6.45, 7) is 5.07. The fourth-order valence-corrected chi connectivity index (χ4v) is 2.55. The maximum absolute atomic E-state index is 9.79. The van der Waals surface area contributed by atoms with Crippen molar-refractivity contribution in [2.45, 2.75) is 38.9 Å². The molecule has 0 aromatic heterocycles. The molecule has 0 saturated carbocycles. The molecule has 1 aliphatic rings. The summed E-state index contributed by atoms with van der Waals surface area (Å²) < 4.78 is 16.4. The lowest BCUT2D eigenvalue weighted by Crippen LogP contribution is -2.54. The molecule has 5 nitrogen and oxygen atoms in total. The van der Waals surface area contributed by atoms with Crippen LogP contribution < -0.4 is 10.5 Å². The highest BCUT2D eigenvalue weighted by Crippen LogP contribution is 2.29. The van der Waals surface area contributed by atoms with Gasteiger partial charge in [-0.1, -0.05) is 26.0 Å². The van der Waals surface area contributed by atoms with E-state index < -0.39 is 6.29 Å². The summed E-state index contributed by atoms with van der Waals surface area (Å²) in [5.74, 6) is 1.27. The molecule has 1 aromatic rings. The number of ether oxygens (including phenoxy) is 3. The van der Waals surface area contributed by atoms with Crippen molar-refractivity contribution >= 4 is 0 Å². The molecule has 1 saturated heterocycles. The van der Waals surface area contributed by atoms with E-state index in [9.17, 15) is 5.11 Å². The molecule has 0 bridgehead atoms. The van der Waals surface area contributed by atoms with Gasteiger partial charge < -0.3 is 25.1 Å². The molecule has 1 fully saturated rings. The van der Waals surface area contributed by atoms with E-state index in [0.717, 1.165) is 11.3 Å². The highest BCUT2D eigenvalue weighted by atomic mass is 16.6. The van der Waals surface area contributed by atoms with Gasteiger partial charge in [-0.25, -0.2) is 0 Å². The van der Waals surface area contributed by atoms with E-state index in [1.165, 1.54) is 0 Å². The number of aliphatic hydroxyl groups is 1. The Morgan fingerprint density at radius 2 is 1.86 bits per heavy atom. The van der Waals surface area contributed by atoms with Gasteiger partial charge in [-0.3, -0.25) is 0 Å². The van der Waals surface area contributed by atoms with Crippen LogP contribution in [0.3, 0.4) is 0 Å². The number of methoxy groups -OCH3 is 1. The first-order valence-electron chi connectivity index (χ1n) is 7.32. The van der Waals surface area contributed by atoms with Crippen molar-refractivity contribution < 1.29 is 19.3 Å². The molecule has 21 heavy (non-hydrogen) atoms. The molecule has 1 aromatic carbocycles. The Kier molecular flexibility index (Phi) is 5.58. The molecule has 3 N–H and O–H groups in total. The van der Waals surface area contributed by atoms with Crippen molar-refractivity contribution in [3.63, 3.8) is 0 Å². The second kappa shape index (κ2) is 7.22. The molecule has 0 amide bonds. The normalized spacial score (nSPS) is 32.9. The van der Waals surface area contributed by atoms with Gasteiger partial charge in [0.05, 0.1) is 32.5 Å². The molecular formula is C16H25NO4. The minimum absolute atomic E-state index is 0.131. The van der Waals surface area contributed by atoms with Crippen LogP contribution in [0.1, 0.15) is 19.4 Å². The number of hydrogen-bond donors (Lipinski definition) is 2. The Hall–Kier alpha value is -1.14. The minimum Gasteiger partial charge on any atom is -0.497 e. The zero-order valence-electron chi connectivity index (χ0n) is 12.9. The summed E-state index contributed by atoms with van der Waals surface area (Å²) >= 11 is 0. The van der Waals surface area contributed by atoms with E-state index in [1.54, 1.807) is 7.11 Å². The average molecular weight is 295 g/mol. The molecule has 2 rings (SSSR count). The number of nitrogens with two attached hydrogens (primary N) is 1. The van der Waals surface area contributed by atoms with Crippen molar-refractivity contribution in [3.05, 3.63) is 29.8 Å². The maximum Gasteiger partial charge on any atom is 0.170 e. The molecule has 0 aliphatic carbocycles. The predicted molar refractivity (Wildman–Crippen MR) is 79.8 cm³/mol. The summed E-state index contributed by atoms with van der Waals surface area (Å²) in [7, 11) is 1.64. The third-order valence-corrected chi connectivity index (χ3v) is 4.38. The molecule has 1 heterocycles. The minimum atomic E-state index is -0.911. The van der Waals surface area contributed by atoms with Crippen LogP contribution in [0.15, 0.2) is 24.3 Å². The third kappa shape index (κ3) is 3.95. The Labute approximate surface area is 126 Å². The van der Waals surface area contributed by atoms with E-state index in [-0.39, 0.29) is 24.0 Å². The second-order valence-electron chi connectivity index (χ2n) is 5.72. The SMILES string of the molecule is COc1ccc(COCC2OC(O)C(N)[C@@H](C)[C@H]2C)cc1. The lowest BCUT2D eigenvalue weighted by atomic mass is 9.83. The number of benzene rings is 1. The van der Waals surface area contributed by atoms with Crippen LogP contribution in [0.5, 0.6) is 5.75 Å². The molecule has 5 atom stereocenters. The molecule has 5 heteroatoms.